The molecule has 0 fully saturated rings. The Balaban J connectivity index is 1.37. The number of anilines is 2. The number of sulfonamides is 1. The SMILES string of the molecule is Cc1cccc(NC(=O)C(C)OC(=O)c2ccc(NS(=O)(=O)c3ccc4c(c3)OCCO4)cc2)c1. The Kier molecular flexibility index (Phi) is 6.92. The number of carbonyl (C=O) groups excluding carboxylic acids is 2. The van der Waals surface area contributed by atoms with Crippen LogP contribution >= 0.6 is 0 Å². The Hall–Kier alpha value is -4.05. The third-order valence-corrected chi connectivity index (χ3v) is 6.51. The molecule has 2 N–H and O–H groups in total. The topological polar surface area (TPSA) is 120 Å². The molecule has 9 nitrogen and oxygen atoms in total. The summed E-state index contributed by atoms with van der Waals surface area (Å²) in [5, 5.41) is 2.70. The number of rotatable bonds is 7. The van der Waals surface area contributed by atoms with Crippen molar-refractivity contribution >= 4 is 33.3 Å². The Bertz CT molecular complexity index is 1350. The highest BCUT2D eigenvalue weighted by Gasteiger charge is 2.21. The number of hydrogen-bond donors (Lipinski definition) is 2. The molecule has 0 saturated heterocycles. The van der Waals surface area contributed by atoms with Crippen molar-refractivity contribution in [3.8, 4) is 11.5 Å². The first kappa shape index (κ1) is 24.1. The highest BCUT2D eigenvalue weighted by molar-refractivity contribution is 7.92. The van der Waals surface area contributed by atoms with Gasteiger partial charge in [-0.05, 0) is 67.9 Å². The van der Waals surface area contributed by atoms with Crippen molar-refractivity contribution in [2.75, 3.05) is 23.3 Å². The first-order valence-electron chi connectivity index (χ1n) is 10.8. The monoisotopic (exact) mass is 496 g/mol. The zero-order chi connectivity index (χ0) is 25.0. The van der Waals surface area contributed by atoms with Gasteiger partial charge >= 0.3 is 5.97 Å². The molecule has 35 heavy (non-hydrogen) atoms. The number of hydrogen-bond acceptors (Lipinski definition) is 7. The third kappa shape index (κ3) is 5.90. The minimum atomic E-state index is -3.90. The van der Waals surface area contributed by atoms with E-state index < -0.39 is 28.0 Å². The molecule has 0 aromatic heterocycles. The second-order valence-electron chi connectivity index (χ2n) is 7.89. The van der Waals surface area contributed by atoms with Crippen molar-refractivity contribution in [1.82, 2.24) is 0 Å². The van der Waals surface area contributed by atoms with E-state index in [1.807, 2.05) is 19.1 Å². The van der Waals surface area contributed by atoms with Gasteiger partial charge in [0.2, 0.25) is 0 Å². The molecule has 0 spiro atoms. The van der Waals surface area contributed by atoms with Gasteiger partial charge in [0, 0.05) is 17.4 Å². The first-order chi connectivity index (χ1) is 16.7. The summed E-state index contributed by atoms with van der Waals surface area (Å²) in [6, 6.07) is 17.3. The number of ether oxygens (including phenoxy) is 3. The second-order valence-corrected chi connectivity index (χ2v) is 9.58. The van der Waals surface area contributed by atoms with Crippen LogP contribution in [0.15, 0.2) is 71.6 Å². The number of esters is 1. The highest BCUT2D eigenvalue weighted by Crippen LogP contribution is 2.32. The number of nitrogens with one attached hydrogen (secondary N) is 2. The van der Waals surface area contributed by atoms with Crippen molar-refractivity contribution in [3.63, 3.8) is 0 Å². The lowest BCUT2D eigenvalue weighted by Crippen LogP contribution is -2.30. The minimum absolute atomic E-state index is 0.0127. The van der Waals surface area contributed by atoms with Gasteiger partial charge in [-0.2, -0.15) is 0 Å². The second kappa shape index (κ2) is 10.1. The Morgan fingerprint density at radius 1 is 0.914 bits per heavy atom. The first-order valence-corrected chi connectivity index (χ1v) is 12.3. The summed E-state index contributed by atoms with van der Waals surface area (Å²) in [5.41, 5.74) is 2.01. The van der Waals surface area contributed by atoms with E-state index in [1.165, 1.54) is 43.3 Å². The van der Waals surface area contributed by atoms with Crippen LogP contribution in [0, 0.1) is 6.92 Å². The molecular weight excluding hydrogens is 472 g/mol. The number of fused-ring (bicyclic) bond motifs is 1. The quantitative estimate of drug-likeness (QED) is 0.478. The lowest BCUT2D eigenvalue weighted by molar-refractivity contribution is -0.123. The summed E-state index contributed by atoms with van der Waals surface area (Å²) >= 11 is 0. The maximum Gasteiger partial charge on any atom is 0.338 e. The zero-order valence-corrected chi connectivity index (χ0v) is 19.9. The molecule has 1 heterocycles. The number of amides is 1. The average molecular weight is 497 g/mol. The van der Waals surface area contributed by atoms with E-state index in [9.17, 15) is 18.0 Å². The molecule has 1 aliphatic heterocycles. The van der Waals surface area contributed by atoms with Crippen LogP contribution in [0.4, 0.5) is 11.4 Å². The molecule has 1 aliphatic rings. The molecule has 1 unspecified atom stereocenters. The van der Waals surface area contributed by atoms with Gasteiger partial charge in [0.25, 0.3) is 15.9 Å². The summed E-state index contributed by atoms with van der Waals surface area (Å²) in [7, 11) is -3.90. The van der Waals surface area contributed by atoms with E-state index in [4.69, 9.17) is 14.2 Å². The van der Waals surface area contributed by atoms with Gasteiger partial charge in [-0.3, -0.25) is 9.52 Å². The molecule has 0 saturated carbocycles. The molecule has 0 radical (unpaired) electrons. The number of aryl methyl sites for hydroxylation is 1. The van der Waals surface area contributed by atoms with E-state index in [0.717, 1.165) is 5.56 Å². The summed E-state index contributed by atoms with van der Waals surface area (Å²) in [6.45, 7) is 4.12. The van der Waals surface area contributed by atoms with Gasteiger partial charge in [-0.1, -0.05) is 12.1 Å². The maximum absolute atomic E-state index is 12.8. The molecule has 3 aromatic carbocycles. The van der Waals surface area contributed by atoms with E-state index >= 15 is 0 Å². The standard InChI is InChI=1S/C25H24N2O7S/c1-16-4-3-5-20(14-16)26-24(28)17(2)34-25(29)18-6-8-19(9-7-18)27-35(30,31)21-10-11-22-23(15-21)33-13-12-32-22/h3-11,14-15,17,27H,12-13H2,1-2H3,(H,26,28). The molecule has 182 valence electrons. The van der Waals surface area contributed by atoms with E-state index in [2.05, 4.69) is 10.0 Å². The van der Waals surface area contributed by atoms with Gasteiger partial charge in [0.15, 0.2) is 17.6 Å². The van der Waals surface area contributed by atoms with E-state index in [1.54, 1.807) is 18.2 Å². The highest BCUT2D eigenvalue weighted by atomic mass is 32.2. The zero-order valence-electron chi connectivity index (χ0n) is 19.1. The van der Waals surface area contributed by atoms with Crippen molar-refractivity contribution in [2.24, 2.45) is 0 Å². The molecule has 4 rings (SSSR count). The van der Waals surface area contributed by atoms with Crippen molar-refractivity contribution < 1.29 is 32.2 Å². The molecule has 1 atom stereocenters. The van der Waals surface area contributed by atoms with Crippen LogP contribution in [-0.2, 0) is 19.6 Å². The fourth-order valence-electron chi connectivity index (χ4n) is 3.33. The predicted molar refractivity (Wildman–Crippen MR) is 129 cm³/mol. The number of benzene rings is 3. The largest absolute Gasteiger partial charge is 0.486 e. The van der Waals surface area contributed by atoms with Crippen LogP contribution in [0.1, 0.15) is 22.8 Å². The van der Waals surface area contributed by atoms with Gasteiger partial charge in [0.1, 0.15) is 13.2 Å². The van der Waals surface area contributed by atoms with Crippen LogP contribution in [0.25, 0.3) is 0 Å². The third-order valence-electron chi connectivity index (χ3n) is 5.14. The molecule has 1 amide bonds. The summed E-state index contributed by atoms with van der Waals surface area (Å²) in [5.74, 6) is -0.330. The fourth-order valence-corrected chi connectivity index (χ4v) is 4.40. The van der Waals surface area contributed by atoms with Crippen LogP contribution in [0.5, 0.6) is 11.5 Å². The van der Waals surface area contributed by atoms with Crippen LogP contribution in [0.3, 0.4) is 0 Å². The minimum Gasteiger partial charge on any atom is -0.486 e. The predicted octanol–water partition coefficient (Wildman–Crippen LogP) is 3.75. The Labute approximate surface area is 203 Å². The molecule has 3 aromatic rings. The summed E-state index contributed by atoms with van der Waals surface area (Å²) in [4.78, 5) is 24.8. The van der Waals surface area contributed by atoms with Gasteiger partial charge in [-0.25, -0.2) is 13.2 Å². The maximum atomic E-state index is 12.8. The van der Waals surface area contributed by atoms with Crippen molar-refractivity contribution in [3.05, 3.63) is 77.9 Å². The molecule has 10 heteroatoms. The lowest BCUT2D eigenvalue weighted by atomic mass is 10.2. The smallest absolute Gasteiger partial charge is 0.338 e. The molecular formula is C25H24N2O7S. The van der Waals surface area contributed by atoms with Gasteiger partial charge in [0.05, 0.1) is 10.5 Å². The normalized spacial score (nSPS) is 13.4. The van der Waals surface area contributed by atoms with Crippen LogP contribution in [0.2, 0.25) is 0 Å². The van der Waals surface area contributed by atoms with Gasteiger partial charge < -0.3 is 19.5 Å². The molecule has 0 aliphatic carbocycles. The molecule has 0 bridgehead atoms. The summed E-state index contributed by atoms with van der Waals surface area (Å²) in [6.07, 6.45) is -1.03. The summed E-state index contributed by atoms with van der Waals surface area (Å²) < 4.78 is 44.1. The van der Waals surface area contributed by atoms with Crippen molar-refractivity contribution in [2.45, 2.75) is 24.8 Å². The fraction of sp³-hybridized carbons (Fsp3) is 0.200. The van der Waals surface area contributed by atoms with E-state index in [0.29, 0.717) is 30.4 Å². The van der Waals surface area contributed by atoms with E-state index in [-0.39, 0.29) is 16.1 Å². The number of carbonyl (C=O) groups is 2. The Morgan fingerprint density at radius 3 is 2.34 bits per heavy atom. The Morgan fingerprint density at radius 2 is 1.63 bits per heavy atom. The van der Waals surface area contributed by atoms with Crippen LogP contribution < -0.4 is 19.5 Å². The lowest BCUT2D eigenvalue weighted by Gasteiger charge is -2.19. The van der Waals surface area contributed by atoms with Gasteiger partial charge in [-0.15, -0.1) is 0 Å². The van der Waals surface area contributed by atoms with Crippen molar-refractivity contribution in [1.29, 1.82) is 0 Å². The average Bonchev–Trinajstić information content (AvgIpc) is 2.84. The van der Waals surface area contributed by atoms with Crippen LogP contribution in [-0.4, -0.2) is 39.6 Å².